The first-order valence-corrected chi connectivity index (χ1v) is 10.2. The molecule has 1 aliphatic heterocycles. The van der Waals surface area contributed by atoms with Gasteiger partial charge < -0.3 is 4.74 Å². The number of halogens is 2. The van der Waals surface area contributed by atoms with E-state index < -0.39 is 11.8 Å². The maximum absolute atomic E-state index is 13.5. The average molecular weight is 425 g/mol. The predicted molar refractivity (Wildman–Crippen MR) is 108 cm³/mol. The predicted octanol–water partition coefficient (Wildman–Crippen LogP) is 4.58. The first-order valence-electron chi connectivity index (χ1n) is 7.91. The zero-order valence-corrected chi connectivity index (χ0v) is 16.5. The van der Waals surface area contributed by atoms with E-state index in [4.69, 9.17) is 16.3 Å². The van der Waals surface area contributed by atoms with Crippen LogP contribution in [0.4, 0.5) is 10.1 Å². The Morgan fingerprint density at radius 1 is 1.44 bits per heavy atom. The minimum Gasteiger partial charge on any atom is -0.465 e. The molecular formula is C18H14ClFN2O3S2. The summed E-state index contributed by atoms with van der Waals surface area (Å²) in [6, 6.07) is 7.70. The van der Waals surface area contributed by atoms with Crippen LogP contribution in [0.5, 0.6) is 0 Å². The number of carbonyl (C=O) groups is 2. The first kappa shape index (κ1) is 19.6. The van der Waals surface area contributed by atoms with Gasteiger partial charge in [0.2, 0.25) is 0 Å². The van der Waals surface area contributed by atoms with E-state index in [0.29, 0.717) is 10.9 Å². The highest BCUT2D eigenvalue weighted by atomic mass is 35.5. The van der Waals surface area contributed by atoms with Crippen molar-refractivity contribution in [3.63, 3.8) is 0 Å². The lowest BCUT2D eigenvalue weighted by Gasteiger charge is -2.18. The standard InChI is InChI=1S/C18H14ClFN2O3S2/c1-2-25-16(23)10-27-18-21-15(9-12-4-3-7-26-12)17(24)22(18)11-5-6-14(20)13(19)8-11/h3-9H,2,10H2,1H3/b15-9+. The molecule has 0 radical (unpaired) electrons. The molecule has 0 unspecified atom stereocenters. The molecule has 2 heterocycles. The first-order chi connectivity index (χ1) is 13.0. The highest BCUT2D eigenvalue weighted by Gasteiger charge is 2.33. The Bertz CT molecular complexity index is 929. The van der Waals surface area contributed by atoms with Gasteiger partial charge in [-0.15, -0.1) is 11.3 Å². The van der Waals surface area contributed by atoms with Crippen molar-refractivity contribution in [2.75, 3.05) is 17.3 Å². The normalized spacial score (nSPS) is 15.4. The fourth-order valence-electron chi connectivity index (χ4n) is 2.28. The SMILES string of the molecule is CCOC(=O)CSC1=N/C(=C/c2cccs2)C(=O)N1c1ccc(F)c(Cl)c1. The Balaban J connectivity index is 1.93. The Morgan fingerprint density at radius 3 is 2.93 bits per heavy atom. The van der Waals surface area contributed by atoms with Crippen LogP contribution in [0.25, 0.3) is 6.08 Å². The van der Waals surface area contributed by atoms with Crippen LogP contribution in [0.1, 0.15) is 11.8 Å². The van der Waals surface area contributed by atoms with Crippen molar-refractivity contribution in [1.29, 1.82) is 0 Å². The van der Waals surface area contributed by atoms with Crippen molar-refractivity contribution in [2.45, 2.75) is 6.92 Å². The lowest BCUT2D eigenvalue weighted by molar-refractivity contribution is -0.139. The number of ether oxygens (including phenoxy) is 1. The molecule has 0 aliphatic carbocycles. The molecule has 0 fully saturated rings. The summed E-state index contributed by atoms with van der Waals surface area (Å²) in [4.78, 5) is 31.1. The summed E-state index contributed by atoms with van der Waals surface area (Å²) in [5.41, 5.74) is 0.598. The van der Waals surface area contributed by atoms with Gasteiger partial charge in [-0.05, 0) is 42.6 Å². The van der Waals surface area contributed by atoms with Gasteiger partial charge in [0.25, 0.3) is 5.91 Å². The van der Waals surface area contributed by atoms with E-state index in [0.717, 1.165) is 16.6 Å². The van der Waals surface area contributed by atoms with Crippen molar-refractivity contribution in [1.82, 2.24) is 0 Å². The van der Waals surface area contributed by atoms with Crippen molar-refractivity contribution < 1.29 is 18.7 Å². The van der Waals surface area contributed by atoms with E-state index in [9.17, 15) is 14.0 Å². The molecule has 1 amide bonds. The summed E-state index contributed by atoms with van der Waals surface area (Å²) in [5.74, 6) is -1.38. The van der Waals surface area contributed by atoms with Crippen LogP contribution in [0.15, 0.2) is 46.4 Å². The van der Waals surface area contributed by atoms with Crippen LogP contribution in [-0.4, -0.2) is 29.4 Å². The molecule has 140 valence electrons. The van der Waals surface area contributed by atoms with E-state index >= 15 is 0 Å². The lowest BCUT2D eigenvalue weighted by atomic mass is 10.2. The van der Waals surface area contributed by atoms with Crippen molar-refractivity contribution in [3.05, 3.63) is 57.1 Å². The Kier molecular flexibility index (Phi) is 6.30. The van der Waals surface area contributed by atoms with Gasteiger partial charge in [0.15, 0.2) is 5.17 Å². The third-order valence-electron chi connectivity index (χ3n) is 3.44. The van der Waals surface area contributed by atoms with Crippen LogP contribution in [0.3, 0.4) is 0 Å². The highest BCUT2D eigenvalue weighted by molar-refractivity contribution is 8.14. The van der Waals surface area contributed by atoms with Crippen LogP contribution in [0.2, 0.25) is 5.02 Å². The molecule has 1 aromatic heterocycles. The Labute approximate surface area is 168 Å². The highest BCUT2D eigenvalue weighted by Crippen LogP contribution is 2.32. The molecule has 27 heavy (non-hydrogen) atoms. The molecule has 0 atom stereocenters. The number of benzene rings is 1. The van der Waals surface area contributed by atoms with E-state index in [1.54, 1.807) is 13.0 Å². The number of thiophene rings is 1. The van der Waals surface area contributed by atoms with Crippen LogP contribution < -0.4 is 4.90 Å². The monoisotopic (exact) mass is 424 g/mol. The summed E-state index contributed by atoms with van der Waals surface area (Å²) >= 11 is 8.40. The third-order valence-corrected chi connectivity index (χ3v) is 5.46. The zero-order valence-electron chi connectivity index (χ0n) is 14.1. The van der Waals surface area contributed by atoms with Gasteiger partial charge in [-0.2, -0.15) is 0 Å². The topological polar surface area (TPSA) is 59.0 Å². The molecule has 0 N–H and O–H groups in total. The van der Waals surface area contributed by atoms with Gasteiger partial charge in [-0.25, -0.2) is 9.38 Å². The second kappa shape index (κ2) is 8.69. The van der Waals surface area contributed by atoms with Gasteiger partial charge >= 0.3 is 5.97 Å². The summed E-state index contributed by atoms with van der Waals surface area (Å²) in [5, 5.41) is 2.09. The van der Waals surface area contributed by atoms with Gasteiger partial charge in [-0.1, -0.05) is 29.4 Å². The summed E-state index contributed by atoms with van der Waals surface area (Å²) in [7, 11) is 0. The molecule has 9 heteroatoms. The molecule has 2 aromatic rings. The number of nitrogens with zero attached hydrogens (tertiary/aromatic N) is 2. The van der Waals surface area contributed by atoms with Gasteiger partial charge in [-0.3, -0.25) is 14.5 Å². The number of rotatable bonds is 5. The maximum Gasteiger partial charge on any atom is 0.316 e. The van der Waals surface area contributed by atoms with E-state index in [2.05, 4.69) is 4.99 Å². The lowest BCUT2D eigenvalue weighted by Crippen LogP contribution is -2.31. The molecule has 1 aliphatic rings. The van der Waals surface area contributed by atoms with E-state index in [1.165, 1.54) is 34.4 Å². The Morgan fingerprint density at radius 2 is 2.26 bits per heavy atom. The number of amides is 1. The largest absolute Gasteiger partial charge is 0.465 e. The van der Waals surface area contributed by atoms with E-state index in [1.807, 2.05) is 17.5 Å². The number of amidine groups is 1. The van der Waals surface area contributed by atoms with Gasteiger partial charge in [0, 0.05) is 4.88 Å². The quantitative estimate of drug-likeness (QED) is 0.520. The minimum absolute atomic E-state index is 0.00232. The number of thioether (sulfide) groups is 1. The second-order valence-corrected chi connectivity index (χ2v) is 7.60. The fourth-order valence-corrected chi connectivity index (χ4v) is 3.92. The van der Waals surface area contributed by atoms with Crippen molar-refractivity contribution >= 4 is 63.5 Å². The number of esters is 1. The van der Waals surface area contributed by atoms with Gasteiger partial charge in [0.1, 0.15) is 11.5 Å². The summed E-state index contributed by atoms with van der Waals surface area (Å²) in [6.07, 6.45) is 1.67. The molecule has 3 rings (SSSR count). The molecule has 5 nitrogen and oxygen atoms in total. The number of hydrogen-bond acceptors (Lipinski definition) is 6. The second-order valence-electron chi connectivity index (χ2n) is 5.27. The molecule has 1 aromatic carbocycles. The maximum atomic E-state index is 13.5. The average Bonchev–Trinajstić information content (AvgIpc) is 3.25. The van der Waals surface area contributed by atoms with E-state index in [-0.39, 0.29) is 29.0 Å². The number of hydrogen-bond donors (Lipinski definition) is 0. The summed E-state index contributed by atoms with van der Waals surface area (Å²) < 4.78 is 18.4. The zero-order chi connectivity index (χ0) is 19.4. The van der Waals surface area contributed by atoms with Crippen LogP contribution in [0, 0.1) is 5.82 Å². The van der Waals surface area contributed by atoms with Crippen LogP contribution in [-0.2, 0) is 14.3 Å². The van der Waals surface area contributed by atoms with Gasteiger partial charge in [0.05, 0.1) is 23.1 Å². The minimum atomic E-state index is -0.584. The molecule has 0 bridgehead atoms. The molecular weight excluding hydrogens is 411 g/mol. The number of anilines is 1. The molecule has 0 saturated carbocycles. The Hall–Kier alpha value is -2.16. The molecule has 0 saturated heterocycles. The summed E-state index contributed by atoms with van der Waals surface area (Å²) in [6.45, 7) is 1.99. The number of carbonyl (C=O) groups excluding carboxylic acids is 2. The molecule has 0 spiro atoms. The fraction of sp³-hybridized carbons (Fsp3) is 0.167. The smallest absolute Gasteiger partial charge is 0.316 e. The van der Waals surface area contributed by atoms with Crippen molar-refractivity contribution in [2.24, 2.45) is 4.99 Å². The van der Waals surface area contributed by atoms with Crippen LogP contribution >= 0.6 is 34.7 Å². The van der Waals surface area contributed by atoms with Crippen molar-refractivity contribution in [3.8, 4) is 0 Å². The number of aliphatic imine (C=N–C) groups is 1. The third kappa shape index (κ3) is 4.58.